The van der Waals surface area contributed by atoms with E-state index < -0.39 is 12.6 Å². The van der Waals surface area contributed by atoms with Gasteiger partial charge in [0.1, 0.15) is 0 Å². The van der Waals surface area contributed by atoms with Crippen molar-refractivity contribution in [1.82, 2.24) is 0 Å². The Morgan fingerprint density at radius 3 is 2.46 bits per heavy atom. The molecule has 5 heteroatoms. The van der Waals surface area contributed by atoms with Crippen molar-refractivity contribution in [2.24, 2.45) is 0 Å². The van der Waals surface area contributed by atoms with E-state index in [0.29, 0.717) is 0 Å². The summed E-state index contributed by atoms with van der Waals surface area (Å²) in [5.74, 6) is 0.0708. The average molecular weight is 235 g/mol. The lowest BCUT2D eigenvalue weighted by Crippen LogP contribution is -2.09. The van der Waals surface area contributed by atoms with Crippen molar-refractivity contribution in [3.63, 3.8) is 0 Å². The Morgan fingerprint density at radius 1 is 1.38 bits per heavy atom. The first kappa shape index (κ1) is 13.4. The molecule has 0 saturated carbocycles. The molecular weight excluding hydrogens is 221 g/mol. The molecule has 0 aliphatic heterocycles. The fraction of sp³-hybridized carbons (Fsp3) is 1.00. The highest BCUT2D eigenvalue weighted by Gasteiger charge is 2.26. The molecule has 0 rings (SSSR count). The van der Waals surface area contributed by atoms with Gasteiger partial charge in [0.2, 0.25) is 0 Å². The van der Waals surface area contributed by atoms with E-state index in [1.165, 1.54) is 11.8 Å². The molecule has 0 aromatic rings. The molecule has 0 spiro atoms. The van der Waals surface area contributed by atoms with Crippen LogP contribution in [0.2, 0.25) is 0 Å². The molecule has 0 aliphatic carbocycles. The van der Waals surface area contributed by atoms with Gasteiger partial charge in [-0.15, -0.1) is 23.4 Å². The molecule has 0 radical (unpaired) electrons. The molecule has 1 atom stereocenters. The maximum atomic E-state index is 11.7. The fourth-order valence-corrected chi connectivity index (χ4v) is 2.11. The number of unbranched alkanes of at least 4 members (excludes halogenated alkanes) is 1. The van der Waals surface area contributed by atoms with Crippen molar-refractivity contribution in [2.75, 3.05) is 5.75 Å². The molecule has 0 heterocycles. The van der Waals surface area contributed by atoms with E-state index in [1.807, 2.05) is 6.92 Å². The van der Waals surface area contributed by atoms with E-state index in [0.717, 1.165) is 19.3 Å². The Labute approximate surface area is 86.2 Å². The van der Waals surface area contributed by atoms with E-state index >= 15 is 0 Å². The lowest BCUT2D eigenvalue weighted by molar-refractivity contribution is -0.129. The van der Waals surface area contributed by atoms with E-state index in [9.17, 15) is 13.2 Å². The van der Waals surface area contributed by atoms with Crippen molar-refractivity contribution in [1.29, 1.82) is 0 Å². The number of hydrogen-bond donors (Lipinski definition) is 0. The van der Waals surface area contributed by atoms with E-state index in [4.69, 9.17) is 11.6 Å². The Balaban J connectivity index is 3.31. The van der Waals surface area contributed by atoms with Crippen LogP contribution in [-0.4, -0.2) is 16.6 Å². The van der Waals surface area contributed by atoms with Gasteiger partial charge in [-0.05, 0) is 6.42 Å². The lowest BCUT2D eigenvalue weighted by Gasteiger charge is -2.09. The van der Waals surface area contributed by atoms with Crippen molar-refractivity contribution >= 4 is 23.4 Å². The highest BCUT2D eigenvalue weighted by Crippen LogP contribution is 2.27. The molecule has 0 fully saturated rings. The van der Waals surface area contributed by atoms with Crippen LogP contribution in [0.25, 0.3) is 0 Å². The predicted octanol–water partition coefficient (Wildman–Crippen LogP) is 4.43. The smallest absolute Gasteiger partial charge is 0.171 e. The minimum atomic E-state index is -4.05. The molecule has 0 aromatic carbocycles. The molecule has 0 aromatic heterocycles. The maximum absolute atomic E-state index is 11.7. The van der Waals surface area contributed by atoms with Gasteiger partial charge < -0.3 is 0 Å². The Bertz CT molecular complexity index is 127. The van der Waals surface area contributed by atoms with Gasteiger partial charge in [0.15, 0.2) is 0 Å². The van der Waals surface area contributed by atoms with Gasteiger partial charge in [-0.2, -0.15) is 13.2 Å². The number of rotatable bonds is 6. The molecule has 0 aliphatic rings. The summed E-state index contributed by atoms with van der Waals surface area (Å²) in [6.45, 7) is 2.03. The van der Waals surface area contributed by atoms with Gasteiger partial charge in [0.25, 0.3) is 0 Å². The second kappa shape index (κ2) is 6.82. The lowest BCUT2D eigenvalue weighted by atomic mass is 10.3. The molecule has 0 N–H and O–H groups in total. The molecular formula is C8H14ClF3S. The summed E-state index contributed by atoms with van der Waals surface area (Å²) in [5, 5.41) is 0. The van der Waals surface area contributed by atoms with Crippen LogP contribution in [0.15, 0.2) is 0 Å². The Kier molecular flexibility index (Phi) is 7.05. The van der Waals surface area contributed by atoms with E-state index in [-0.39, 0.29) is 10.5 Å². The second-order valence-corrected chi connectivity index (χ2v) is 4.88. The molecule has 13 heavy (non-hydrogen) atoms. The summed E-state index contributed by atoms with van der Waals surface area (Å²) in [6, 6.07) is 0. The summed E-state index contributed by atoms with van der Waals surface area (Å²) in [4.78, 5) is 0. The SMILES string of the molecule is CCCCC(Cl)SCCC(F)(F)F. The van der Waals surface area contributed by atoms with Crippen molar-refractivity contribution in [2.45, 2.75) is 43.5 Å². The molecule has 80 valence electrons. The number of halogens is 4. The summed E-state index contributed by atoms with van der Waals surface area (Å²) in [7, 11) is 0. The van der Waals surface area contributed by atoms with Gasteiger partial charge in [-0.3, -0.25) is 0 Å². The number of alkyl halides is 4. The highest BCUT2D eigenvalue weighted by atomic mass is 35.5. The fourth-order valence-electron chi connectivity index (χ4n) is 0.750. The Morgan fingerprint density at radius 2 is 2.00 bits per heavy atom. The first-order valence-electron chi connectivity index (χ1n) is 4.28. The van der Waals surface area contributed by atoms with Gasteiger partial charge in [0.05, 0.1) is 11.1 Å². The summed E-state index contributed by atoms with van der Waals surface area (Å²) in [6.07, 6.45) is -1.99. The van der Waals surface area contributed by atoms with Crippen molar-refractivity contribution in [3.8, 4) is 0 Å². The Hall–Kier alpha value is 0.430. The van der Waals surface area contributed by atoms with E-state index in [2.05, 4.69) is 0 Å². The van der Waals surface area contributed by atoms with Crippen LogP contribution in [0.4, 0.5) is 13.2 Å². The molecule has 1 unspecified atom stereocenters. The van der Waals surface area contributed by atoms with Crippen molar-refractivity contribution < 1.29 is 13.2 Å². The first-order valence-corrected chi connectivity index (χ1v) is 5.76. The minimum Gasteiger partial charge on any atom is -0.171 e. The van der Waals surface area contributed by atoms with Crippen LogP contribution < -0.4 is 0 Å². The highest BCUT2D eigenvalue weighted by molar-refractivity contribution is 8.01. The zero-order valence-corrected chi connectivity index (χ0v) is 9.11. The summed E-state index contributed by atoms with van der Waals surface area (Å²) in [5.41, 5.74) is 0. The third kappa shape index (κ3) is 10.4. The van der Waals surface area contributed by atoms with Crippen LogP contribution in [0.5, 0.6) is 0 Å². The average Bonchev–Trinajstić information content (AvgIpc) is 1.98. The second-order valence-electron chi connectivity index (χ2n) is 2.79. The number of thioether (sulfide) groups is 1. The van der Waals surface area contributed by atoms with Crippen LogP contribution >= 0.6 is 23.4 Å². The molecule has 0 nitrogen and oxygen atoms in total. The molecule has 0 amide bonds. The van der Waals surface area contributed by atoms with Crippen LogP contribution in [0, 0.1) is 0 Å². The largest absolute Gasteiger partial charge is 0.389 e. The van der Waals surface area contributed by atoms with Crippen LogP contribution in [0.1, 0.15) is 32.6 Å². The minimum absolute atomic E-state index is 0.0708. The van der Waals surface area contributed by atoms with Crippen LogP contribution in [0.3, 0.4) is 0 Å². The third-order valence-corrected chi connectivity index (χ3v) is 3.10. The summed E-state index contributed by atoms with van der Waals surface area (Å²) >= 11 is 6.97. The monoisotopic (exact) mass is 234 g/mol. The van der Waals surface area contributed by atoms with Gasteiger partial charge in [-0.1, -0.05) is 19.8 Å². The first-order chi connectivity index (χ1) is 5.95. The van der Waals surface area contributed by atoms with Gasteiger partial charge >= 0.3 is 6.18 Å². The van der Waals surface area contributed by atoms with Gasteiger partial charge in [0, 0.05) is 5.75 Å². The predicted molar refractivity (Wildman–Crippen MR) is 52.3 cm³/mol. The quantitative estimate of drug-likeness (QED) is 0.613. The zero-order chi connectivity index (χ0) is 10.3. The maximum Gasteiger partial charge on any atom is 0.389 e. The zero-order valence-electron chi connectivity index (χ0n) is 7.53. The normalized spacial score (nSPS) is 14.5. The third-order valence-electron chi connectivity index (χ3n) is 1.47. The van der Waals surface area contributed by atoms with Crippen LogP contribution in [-0.2, 0) is 0 Å². The van der Waals surface area contributed by atoms with Crippen molar-refractivity contribution in [3.05, 3.63) is 0 Å². The van der Waals surface area contributed by atoms with E-state index in [1.54, 1.807) is 0 Å². The standard InChI is InChI=1S/C8H14ClF3S/c1-2-3-4-7(9)13-6-5-8(10,11)12/h7H,2-6H2,1H3. The topological polar surface area (TPSA) is 0 Å². The molecule has 0 bridgehead atoms. The summed E-state index contributed by atoms with van der Waals surface area (Å²) < 4.78 is 34.9. The molecule has 0 saturated heterocycles. The van der Waals surface area contributed by atoms with Gasteiger partial charge in [-0.25, -0.2) is 0 Å². The number of hydrogen-bond acceptors (Lipinski definition) is 1.